The van der Waals surface area contributed by atoms with Gasteiger partial charge >= 0.3 is 0 Å². The van der Waals surface area contributed by atoms with Gasteiger partial charge in [-0.05, 0) is 51.5 Å². The average molecular weight is 501 g/mol. The van der Waals surface area contributed by atoms with Gasteiger partial charge in [-0.1, -0.05) is 6.07 Å². The van der Waals surface area contributed by atoms with Crippen LogP contribution in [0.5, 0.6) is 11.5 Å². The number of benzene rings is 1. The molecule has 0 spiro atoms. The van der Waals surface area contributed by atoms with Crippen LogP contribution in [0.25, 0.3) is 0 Å². The standard InChI is InChI=1S/C20H27N3O4.HI/c1-5-21-19(22-10-15-6-7-17-18(9-15)26-12-25-17)23-11-20(4,24)16-8-13(2)27-14(16)3;/h6-9,24H,5,10-12H2,1-4H3,(H2,21,22,23);1H. The number of aryl methyl sites for hydroxylation is 2. The van der Waals surface area contributed by atoms with Gasteiger partial charge in [0.05, 0.1) is 13.1 Å². The zero-order chi connectivity index (χ0) is 19.4. The van der Waals surface area contributed by atoms with E-state index in [4.69, 9.17) is 13.9 Å². The Balaban J connectivity index is 0.00000280. The normalized spacial score (nSPS) is 15.0. The first kappa shape index (κ1) is 22.4. The number of aliphatic hydroxyl groups is 1. The molecule has 0 bridgehead atoms. The van der Waals surface area contributed by atoms with Crippen LogP contribution in [0.1, 0.15) is 36.5 Å². The molecule has 2 heterocycles. The zero-order valence-electron chi connectivity index (χ0n) is 16.7. The number of furan rings is 1. The number of guanidine groups is 1. The van der Waals surface area contributed by atoms with Gasteiger partial charge in [-0.2, -0.15) is 0 Å². The van der Waals surface area contributed by atoms with Crippen molar-refractivity contribution in [3.8, 4) is 11.5 Å². The maximum absolute atomic E-state index is 10.9. The largest absolute Gasteiger partial charge is 0.466 e. The van der Waals surface area contributed by atoms with Crippen LogP contribution in [0.3, 0.4) is 0 Å². The number of rotatable bonds is 6. The van der Waals surface area contributed by atoms with Gasteiger partial charge in [0.1, 0.15) is 17.1 Å². The maximum atomic E-state index is 10.9. The summed E-state index contributed by atoms with van der Waals surface area (Å²) in [6, 6.07) is 7.66. The molecule has 1 aromatic carbocycles. The van der Waals surface area contributed by atoms with Gasteiger partial charge < -0.3 is 29.6 Å². The Labute approximate surface area is 182 Å². The van der Waals surface area contributed by atoms with Gasteiger partial charge in [0.2, 0.25) is 6.79 Å². The summed E-state index contributed by atoms with van der Waals surface area (Å²) in [5.41, 5.74) is 0.722. The van der Waals surface area contributed by atoms with E-state index >= 15 is 0 Å². The van der Waals surface area contributed by atoms with Crippen LogP contribution in [-0.2, 0) is 12.1 Å². The lowest BCUT2D eigenvalue weighted by atomic mass is 9.96. The molecule has 1 aromatic heterocycles. The summed E-state index contributed by atoms with van der Waals surface area (Å²) < 4.78 is 16.3. The molecule has 7 nitrogen and oxygen atoms in total. The molecule has 1 atom stereocenters. The second kappa shape index (κ2) is 9.51. The number of hydrogen-bond donors (Lipinski definition) is 3. The Bertz CT molecular complexity index is 833. The smallest absolute Gasteiger partial charge is 0.231 e. The van der Waals surface area contributed by atoms with E-state index in [2.05, 4.69) is 15.6 Å². The van der Waals surface area contributed by atoms with Crippen molar-refractivity contribution >= 4 is 29.9 Å². The van der Waals surface area contributed by atoms with Crippen molar-refractivity contribution in [1.82, 2.24) is 10.6 Å². The van der Waals surface area contributed by atoms with E-state index in [0.717, 1.165) is 40.7 Å². The highest BCUT2D eigenvalue weighted by Gasteiger charge is 2.27. The second-order valence-corrected chi connectivity index (χ2v) is 6.84. The molecule has 1 aliphatic heterocycles. The molecule has 0 saturated carbocycles. The van der Waals surface area contributed by atoms with Crippen molar-refractivity contribution in [3.05, 3.63) is 46.9 Å². The summed E-state index contributed by atoms with van der Waals surface area (Å²) in [4.78, 5) is 4.60. The minimum Gasteiger partial charge on any atom is -0.466 e. The Hall–Kier alpha value is -1.94. The molecular weight excluding hydrogens is 473 g/mol. The molecule has 154 valence electrons. The number of nitrogens with one attached hydrogen (secondary N) is 2. The number of hydrogen-bond acceptors (Lipinski definition) is 5. The predicted molar refractivity (Wildman–Crippen MR) is 119 cm³/mol. The van der Waals surface area contributed by atoms with Crippen LogP contribution in [-0.4, -0.2) is 30.9 Å². The zero-order valence-corrected chi connectivity index (χ0v) is 19.0. The van der Waals surface area contributed by atoms with Crippen molar-refractivity contribution in [3.63, 3.8) is 0 Å². The lowest BCUT2D eigenvalue weighted by Gasteiger charge is -2.24. The molecular formula is C20H28IN3O4. The number of ether oxygens (including phenoxy) is 2. The molecule has 28 heavy (non-hydrogen) atoms. The molecule has 0 amide bonds. The SMILES string of the molecule is CCNC(=NCc1ccc2c(c1)OCO2)NCC(C)(O)c1cc(C)oc1C.I. The van der Waals surface area contributed by atoms with Gasteiger partial charge in [0, 0.05) is 12.1 Å². The topological polar surface area (TPSA) is 88.3 Å². The van der Waals surface area contributed by atoms with Gasteiger partial charge in [0.15, 0.2) is 17.5 Å². The molecule has 8 heteroatoms. The quantitative estimate of drug-likeness (QED) is 0.320. The highest BCUT2D eigenvalue weighted by molar-refractivity contribution is 14.0. The van der Waals surface area contributed by atoms with E-state index in [1.807, 2.05) is 45.0 Å². The first-order chi connectivity index (χ1) is 12.9. The minimum atomic E-state index is -1.07. The summed E-state index contributed by atoms with van der Waals surface area (Å²) in [5.74, 6) is 3.64. The number of fused-ring (bicyclic) bond motifs is 1. The molecule has 0 radical (unpaired) electrons. The summed E-state index contributed by atoms with van der Waals surface area (Å²) in [6.07, 6.45) is 0. The molecule has 1 aliphatic rings. The predicted octanol–water partition coefficient (Wildman–Crippen LogP) is 3.21. The van der Waals surface area contributed by atoms with Crippen LogP contribution in [0.4, 0.5) is 0 Å². The number of nitrogens with zero attached hydrogens (tertiary/aromatic N) is 1. The lowest BCUT2D eigenvalue weighted by molar-refractivity contribution is 0.0601. The first-order valence-corrected chi connectivity index (χ1v) is 9.09. The van der Waals surface area contributed by atoms with Gasteiger partial charge in [-0.15, -0.1) is 24.0 Å². The van der Waals surface area contributed by atoms with Crippen LogP contribution < -0.4 is 20.1 Å². The first-order valence-electron chi connectivity index (χ1n) is 9.09. The van der Waals surface area contributed by atoms with Crippen molar-refractivity contribution in [2.24, 2.45) is 4.99 Å². The molecule has 0 aliphatic carbocycles. The Kier molecular flexibility index (Phi) is 7.59. The maximum Gasteiger partial charge on any atom is 0.231 e. The van der Waals surface area contributed by atoms with Gasteiger partial charge in [0.25, 0.3) is 0 Å². The second-order valence-electron chi connectivity index (χ2n) is 6.84. The Morgan fingerprint density at radius 3 is 2.61 bits per heavy atom. The van der Waals surface area contributed by atoms with Crippen molar-refractivity contribution in [2.45, 2.75) is 39.8 Å². The summed E-state index contributed by atoms with van der Waals surface area (Å²) >= 11 is 0. The van der Waals surface area contributed by atoms with E-state index in [0.29, 0.717) is 19.0 Å². The van der Waals surface area contributed by atoms with Crippen LogP contribution in [0.2, 0.25) is 0 Å². The van der Waals surface area contributed by atoms with Gasteiger partial charge in [-0.3, -0.25) is 0 Å². The fourth-order valence-electron chi connectivity index (χ4n) is 3.07. The van der Waals surface area contributed by atoms with Gasteiger partial charge in [-0.25, -0.2) is 4.99 Å². The Morgan fingerprint density at radius 1 is 1.18 bits per heavy atom. The summed E-state index contributed by atoms with van der Waals surface area (Å²) in [7, 11) is 0. The monoisotopic (exact) mass is 501 g/mol. The molecule has 1 unspecified atom stereocenters. The number of aliphatic imine (C=N–C) groups is 1. The summed E-state index contributed by atoms with van der Waals surface area (Å²) in [6.45, 7) is 9.26. The van der Waals surface area contributed by atoms with E-state index in [1.54, 1.807) is 6.92 Å². The van der Waals surface area contributed by atoms with E-state index < -0.39 is 5.60 Å². The van der Waals surface area contributed by atoms with E-state index in [1.165, 1.54) is 0 Å². The van der Waals surface area contributed by atoms with Crippen molar-refractivity contribution < 1.29 is 19.0 Å². The minimum absolute atomic E-state index is 0. The molecule has 0 saturated heterocycles. The van der Waals surface area contributed by atoms with Crippen LogP contribution >= 0.6 is 24.0 Å². The molecule has 3 N–H and O–H groups in total. The van der Waals surface area contributed by atoms with Crippen molar-refractivity contribution in [2.75, 3.05) is 19.9 Å². The molecule has 0 fully saturated rings. The van der Waals surface area contributed by atoms with E-state index in [-0.39, 0.29) is 30.8 Å². The third-order valence-corrected chi connectivity index (χ3v) is 4.42. The lowest BCUT2D eigenvalue weighted by Crippen LogP contribution is -2.44. The fourth-order valence-corrected chi connectivity index (χ4v) is 3.07. The summed E-state index contributed by atoms with van der Waals surface area (Å²) in [5, 5.41) is 17.3. The third-order valence-electron chi connectivity index (χ3n) is 4.42. The van der Waals surface area contributed by atoms with E-state index in [9.17, 15) is 5.11 Å². The molecule has 2 aromatic rings. The highest BCUT2D eigenvalue weighted by Crippen LogP contribution is 2.32. The third kappa shape index (κ3) is 5.32. The van der Waals surface area contributed by atoms with Crippen LogP contribution in [0.15, 0.2) is 33.7 Å². The number of halogens is 1. The fraction of sp³-hybridized carbons (Fsp3) is 0.450. The average Bonchev–Trinajstić information content (AvgIpc) is 3.23. The Morgan fingerprint density at radius 2 is 1.93 bits per heavy atom. The van der Waals surface area contributed by atoms with Crippen LogP contribution in [0, 0.1) is 13.8 Å². The van der Waals surface area contributed by atoms with Crippen molar-refractivity contribution in [1.29, 1.82) is 0 Å². The molecule has 3 rings (SSSR count). The highest BCUT2D eigenvalue weighted by atomic mass is 127.